The lowest BCUT2D eigenvalue weighted by atomic mass is 10.1. The second kappa shape index (κ2) is 4.65. The quantitative estimate of drug-likeness (QED) is 0.840. The Labute approximate surface area is 108 Å². The Hall–Kier alpha value is -0.490. The number of hydrogen-bond acceptors (Lipinski definition) is 5. The molecule has 4 nitrogen and oxygen atoms in total. The molecule has 94 valence electrons. The molecule has 0 bridgehead atoms. The normalized spacial score (nSPS) is 29.2. The van der Waals surface area contributed by atoms with Crippen LogP contribution in [0.4, 0.5) is 5.13 Å². The van der Waals surface area contributed by atoms with Crippen molar-refractivity contribution >= 4 is 27.5 Å². The van der Waals surface area contributed by atoms with Gasteiger partial charge in [0.15, 0.2) is 0 Å². The van der Waals surface area contributed by atoms with Gasteiger partial charge in [0, 0.05) is 52.8 Å². The van der Waals surface area contributed by atoms with Crippen LogP contribution in [0.15, 0.2) is 0 Å². The van der Waals surface area contributed by atoms with E-state index in [1.807, 2.05) is 0 Å². The third-order valence-corrected chi connectivity index (χ3v) is 5.78. The zero-order valence-electron chi connectivity index (χ0n) is 9.96. The SMILES string of the molecule is CN(c1nc(C2CC2)ns1)C1CCS(=O)CC1. The molecule has 1 aliphatic carbocycles. The molecule has 3 rings (SSSR count). The minimum absolute atomic E-state index is 0.493. The lowest BCUT2D eigenvalue weighted by Crippen LogP contribution is -2.37. The lowest BCUT2D eigenvalue weighted by molar-refractivity contribution is 0.569. The van der Waals surface area contributed by atoms with Crippen molar-refractivity contribution in [3.63, 3.8) is 0 Å². The topological polar surface area (TPSA) is 46.1 Å². The van der Waals surface area contributed by atoms with Gasteiger partial charge in [-0.2, -0.15) is 4.37 Å². The van der Waals surface area contributed by atoms with Crippen molar-refractivity contribution in [3.8, 4) is 0 Å². The van der Waals surface area contributed by atoms with Gasteiger partial charge < -0.3 is 4.90 Å². The Bertz CT molecular complexity index is 420. The molecule has 0 aromatic carbocycles. The first-order valence-electron chi connectivity index (χ1n) is 6.15. The average Bonchev–Trinajstić information content (AvgIpc) is 3.07. The molecule has 6 heteroatoms. The van der Waals surface area contributed by atoms with E-state index in [4.69, 9.17) is 0 Å². The fraction of sp³-hybridized carbons (Fsp3) is 0.818. The van der Waals surface area contributed by atoms with Crippen molar-refractivity contribution in [3.05, 3.63) is 5.82 Å². The van der Waals surface area contributed by atoms with E-state index in [2.05, 4.69) is 21.3 Å². The summed E-state index contributed by atoms with van der Waals surface area (Å²) in [5.41, 5.74) is 0. The zero-order chi connectivity index (χ0) is 11.8. The largest absolute Gasteiger partial charge is 0.347 e. The first-order valence-corrected chi connectivity index (χ1v) is 8.41. The fourth-order valence-corrected chi connectivity index (χ4v) is 4.25. The molecular weight excluding hydrogens is 254 g/mol. The van der Waals surface area contributed by atoms with Crippen molar-refractivity contribution in [1.29, 1.82) is 0 Å². The maximum atomic E-state index is 11.3. The maximum Gasteiger partial charge on any atom is 0.205 e. The molecular formula is C11H17N3OS2. The summed E-state index contributed by atoms with van der Waals surface area (Å²) in [6.45, 7) is 0. The molecule has 0 amide bonds. The molecule has 0 unspecified atom stereocenters. The first kappa shape index (κ1) is 11.6. The summed E-state index contributed by atoms with van der Waals surface area (Å²) in [6, 6.07) is 0.493. The van der Waals surface area contributed by atoms with E-state index < -0.39 is 10.8 Å². The van der Waals surface area contributed by atoms with Gasteiger partial charge in [0.25, 0.3) is 0 Å². The van der Waals surface area contributed by atoms with E-state index in [0.717, 1.165) is 35.3 Å². The third kappa shape index (κ3) is 2.52. The van der Waals surface area contributed by atoms with Crippen molar-refractivity contribution in [2.24, 2.45) is 0 Å². The van der Waals surface area contributed by atoms with Gasteiger partial charge in [-0.3, -0.25) is 4.21 Å². The van der Waals surface area contributed by atoms with Crippen LogP contribution >= 0.6 is 11.5 Å². The maximum absolute atomic E-state index is 11.3. The second-order valence-electron chi connectivity index (χ2n) is 4.90. The summed E-state index contributed by atoms with van der Waals surface area (Å²) in [5.74, 6) is 3.34. The average molecular weight is 271 g/mol. The summed E-state index contributed by atoms with van der Waals surface area (Å²) in [6.07, 6.45) is 4.54. The predicted molar refractivity (Wildman–Crippen MR) is 71.2 cm³/mol. The summed E-state index contributed by atoms with van der Waals surface area (Å²) in [5, 5.41) is 1.03. The predicted octanol–water partition coefficient (Wildman–Crippen LogP) is 1.76. The van der Waals surface area contributed by atoms with Crippen LogP contribution in [0.1, 0.15) is 37.4 Å². The summed E-state index contributed by atoms with van der Waals surface area (Å²) in [4.78, 5) is 6.86. The summed E-state index contributed by atoms with van der Waals surface area (Å²) in [7, 11) is 1.51. The number of aromatic nitrogens is 2. The smallest absolute Gasteiger partial charge is 0.205 e. The molecule has 1 saturated carbocycles. The molecule has 1 saturated heterocycles. The van der Waals surface area contributed by atoms with Crippen LogP contribution in [0.25, 0.3) is 0 Å². The Morgan fingerprint density at radius 3 is 2.65 bits per heavy atom. The minimum Gasteiger partial charge on any atom is -0.347 e. The molecule has 2 fully saturated rings. The van der Waals surface area contributed by atoms with Crippen LogP contribution in [-0.2, 0) is 10.8 Å². The molecule has 1 aliphatic heterocycles. The molecule has 1 aromatic rings. The van der Waals surface area contributed by atoms with E-state index in [1.165, 1.54) is 24.4 Å². The highest BCUT2D eigenvalue weighted by Gasteiger charge is 2.29. The number of rotatable bonds is 3. The number of anilines is 1. The van der Waals surface area contributed by atoms with Crippen molar-refractivity contribution in [2.75, 3.05) is 23.5 Å². The first-order chi connectivity index (χ1) is 8.24. The van der Waals surface area contributed by atoms with Crippen LogP contribution < -0.4 is 4.90 Å². The van der Waals surface area contributed by atoms with Gasteiger partial charge in [0.05, 0.1) is 0 Å². The van der Waals surface area contributed by atoms with E-state index >= 15 is 0 Å². The van der Waals surface area contributed by atoms with Gasteiger partial charge >= 0.3 is 0 Å². The minimum atomic E-state index is -0.585. The molecule has 0 spiro atoms. The van der Waals surface area contributed by atoms with Gasteiger partial charge in [-0.25, -0.2) is 4.98 Å². The number of hydrogen-bond donors (Lipinski definition) is 0. The van der Waals surface area contributed by atoms with Gasteiger partial charge in [-0.15, -0.1) is 0 Å². The van der Waals surface area contributed by atoms with E-state index in [1.54, 1.807) is 0 Å². The molecule has 1 aromatic heterocycles. The van der Waals surface area contributed by atoms with Gasteiger partial charge in [-0.1, -0.05) is 0 Å². The van der Waals surface area contributed by atoms with Crippen LogP contribution in [-0.4, -0.2) is 38.2 Å². The van der Waals surface area contributed by atoms with E-state index in [9.17, 15) is 4.21 Å². The molecule has 17 heavy (non-hydrogen) atoms. The molecule has 2 heterocycles. The third-order valence-electron chi connectivity index (χ3n) is 3.58. The Morgan fingerprint density at radius 2 is 2.00 bits per heavy atom. The molecule has 0 atom stereocenters. The summed E-state index contributed by atoms with van der Waals surface area (Å²) < 4.78 is 15.8. The van der Waals surface area contributed by atoms with E-state index in [-0.39, 0.29) is 0 Å². The standard InChI is InChI=1S/C11H17N3OS2/c1-14(9-4-6-17(15)7-5-9)11-12-10(13-16-11)8-2-3-8/h8-9H,2-7H2,1H3. The zero-order valence-corrected chi connectivity index (χ0v) is 11.6. The van der Waals surface area contributed by atoms with Crippen LogP contribution in [0, 0.1) is 0 Å². The van der Waals surface area contributed by atoms with Crippen LogP contribution in [0.2, 0.25) is 0 Å². The number of nitrogens with zero attached hydrogens (tertiary/aromatic N) is 3. The van der Waals surface area contributed by atoms with Crippen molar-refractivity contribution in [1.82, 2.24) is 9.36 Å². The summed E-state index contributed by atoms with van der Waals surface area (Å²) >= 11 is 1.51. The van der Waals surface area contributed by atoms with Gasteiger partial charge in [0.1, 0.15) is 5.82 Å². The van der Waals surface area contributed by atoms with E-state index in [0.29, 0.717) is 12.0 Å². The molecule has 0 N–H and O–H groups in total. The Morgan fingerprint density at radius 1 is 1.29 bits per heavy atom. The van der Waals surface area contributed by atoms with Crippen molar-refractivity contribution < 1.29 is 4.21 Å². The monoisotopic (exact) mass is 271 g/mol. The highest BCUT2D eigenvalue weighted by atomic mass is 32.2. The van der Waals surface area contributed by atoms with Crippen LogP contribution in [0.3, 0.4) is 0 Å². The van der Waals surface area contributed by atoms with Gasteiger partial charge in [0.2, 0.25) is 5.13 Å². The Kier molecular flexibility index (Phi) is 3.17. The Balaban J connectivity index is 1.67. The highest BCUT2D eigenvalue weighted by molar-refractivity contribution is 7.85. The van der Waals surface area contributed by atoms with Crippen LogP contribution in [0.5, 0.6) is 0 Å². The molecule has 2 aliphatic rings. The lowest BCUT2D eigenvalue weighted by Gasteiger charge is -2.30. The fourth-order valence-electron chi connectivity index (χ4n) is 2.20. The second-order valence-corrected chi connectivity index (χ2v) is 7.33. The van der Waals surface area contributed by atoms with Gasteiger partial charge in [-0.05, 0) is 25.7 Å². The van der Waals surface area contributed by atoms with Crippen molar-refractivity contribution in [2.45, 2.75) is 37.6 Å². The molecule has 0 radical (unpaired) electrons. The highest BCUT2D eigenvalue weighted by Crippen LogP contribution is 2.40.